The molecule has 1 aromatic rings. The molecule has 5 heteroatoms. The molecule has 0 saturated heterocycles. The van der Waals surface area contributed by atoms with Crippen molar-refractivity contribution in [3.05, 3.63) is 35.9 Å². The van der Waals surface area contributed by atoms with Gasteiger partial charge in [-0.3, -0.25) is 9.59 Å². The Morgan fingerprint density at radius 3 is 2.26 bits per heavy atom. The van der Waals surface area contributed by atoms with E-state index >= 15 is 0 Å². The molecular weight excluding hydrogens is 292 g/mol. The summed E-state index contributed by atoms with van der Waals surface area (Å²) < 4.78 is 5.18. The summed E-state index contributed by atoms with van der Waals surface area (Å²) in [6, 6.07) is 9.52. The molecule has 0 aromatic heterocycles. The zero-order chi connectivity index (χ0) is 17.5. The fourth-order valence-corrected chi connectivity index (χ4v) is 2.10. The fraction of sp³-hybridized carbons (Fsp3) is 0.556. The predicted molar refractivity (Wildman–Crippen MR) is 90.8 cm³/mol. The third-order valence-electron chi connectivity index (χ3n) is 3.15. The first-order chi connectivity index (χ1) is 10.7. The Labute approximate surface area is 138 Å². The molecule has 1 amide bonds. The summed E-state index contributed by atoms with van der Waals surface area (Å²) in [6.45, 7) is 9.81. The maximum absolute atomic E-state index is 12.3. The Bertz CT molecular complexity index is 507. The Morgan fingerprint density at radius 2 is 1.74 bits per heavy atom. The Morgan fingerprint density at radius 1 is 1.13 bits per heavy atom. The maximum Gasteiger partial charge on any atom is 0.325 e. The van der Waals surface area contributed by atoms with Crippen LogP contribution in [0, 0.1) is 5.92 Å². The van der Waals surface area contributed by atoms with Crippen molar-refractivity contribution in [2.45, 2.75) is 52.8 Å². The molecule has 0 aliphatic carbocycles. The Hall–Kier alpha value is -1.88. The van der Waals surface area contributed by atoms with Crippen molar-refractivity contribution in [1.29, 1.82) is 0 Å². The van der Waals surface area contributed by atoms with E-state index in [4.69, 9.17) is 4.74 Å². The van der Waals surface area contributed by atoms with Gasteiger partial charge >= 0.3 is 5.97 Å². The number of ether oxygens (including phenoxy) is 1. The van der Waals surface area contributed by atoms with Crippen LogP contribution in [0.4, 0.5) is 0 Å². The summed E-state index contributed by atoms with van der Waals surface area (Å²) in [5, 5.41) is 5.89. The Kier molecular flexibility index (Phi) is 7.23. The molecule has 0 bridgehead atoms. The second-order valence-corrected chi connectivity index (χ2v) is 6.89. The maximum atomic E-state index is 12.3. The topological polar surface area (TPSA) is 67.4 Å². The van der Waals surface area contributed by atoms with Gasteiger partial charge in [-0.2, -0.15) is 0 Å². The van der Waals surface area contributed by atoms with Gasteiger partial charge in [-0.15, -0.1) is 0 Å². The lowest BCUT2D eigenvalue weighted by Gasteiger charge is -2.23. The fourth-order valence-electron chi connectivity index (χ4n) is 2.10. The molecule has 0 heterocycles. The van der Waals surface area contributed by atoms with Crippen molar-refractivity contribution >= 4 is 11.9 Å². The van der Waals surface area contributed by atoms with Crippen LogP contribution in [0.1, 0.15) is 40.2 Å². The van der Waals surface area contributed by atoms with Crippen LogP contribution in [0.5, 0.6) is 0 Å². The van der Waals surface area contributed by atoms with Gasteiger partial charge in [0.15, 0.2) is 0 Å². The smallest absolute Gasteiger partial charge is 0.325 e. The first-order valence-electron chi connectivity index (χ1n) is 7.96. The normalized spacial score (nSPS) is 12.8. The summed E-state index contributed by atoms with van der Waals surface area (Å²) >= 11 is 0. The number of carbonyl (C=O) groups is 2. The zero-order valence-corrected chi connectivity index (χ0v) is 14.7. The molecule has 128 valence electrons. The van der Waals surface area contributed by atoms with Crippen LogP contribution in [-0.4, -0.2) is 30.1 Å². The van der Waals surface area contributed by atoms with E-state index in [2.05, 4.69) is 10.6 Å². The molecule has 1 aromatic carbocycles. The molecule has 0 spiro atoms. The van der Waals surface area contributed by atoms with Crippen LogP contribution in [0.25, 0.3) is 0 Å². The average Bonchev–Trinajstić information content (AvgIpc) is 2.44. The van der Waals surface area contributed by atoms with E-state index in [0.717, 1.165) is 5.56 Å². The summed E-state index contributed by atoms with van der Waals surface area (Å²) in [5.74, 6) is -0.518. The minimum Gasteiger partial charge on any atom is -0.459 e. The second kappa shape index (κ2) is 8.67. The molecule has 0 fully saturated rings. The number of hydrogen-bond acceptors (Lipinski definition) is 4. The van der Waals surface area contributed by atoms with Crippen molar-refractivity contribution in [2.24, 2.45) is 5.92 Å². The number of esters is 1. The average molecular weight is 320 g/mol. The van der Waals surface area contributed by atoms with E-state index in [9.17, 15) is 9.59 Å². The highest BCUT2D eigenvalue weighted by atomic mass is 16.6. The molecule has 0 aliphatic rings. The van der Waals surface area contributed by atoms with Crippen LogP contribution >= 0.6 is 0 Å². The van der Waals surface area contributed by atoms with Crippen LogP contribution in [0.15, 0.2) is 30.3 Å². The highest BCUT2D eigenvalue weighted by molar-refractivity contribution is 5.85. The van der Waals surface area contributed by atoms with Crippen molar-refractivity contribution in [3.63, 3.8) is 0 Å². The van der Waals surface area contributed by atoms with Crippen molar-refractivity contribution < 1.29 is 14.3 Å². The third-order valence-corrected chi connectivity index (χ3v) is 3.15. The molecule has 23 heavy (non-hydrogen) atoms. The predicted octanol–water partition coefficient (Wildman–Crippen LogP) is 2.26. The summed E-state index contributed by atoms with van der Waals surface area (Å²) in [6.07, 6.45) is 0. The van der Waals surface area contributed by atoms with Gasteiger partial charge in [0.05, 0.1) is 6.04 Å². The third kappa shape index (κ3) is 7.79. The monoisotopic (exact) mass is 320 g/mol. The van der Waals surface area contributed by atoms with Crippen LogP contribution < -0.4 is 10.6 Å². The van der Waals surface area contributed by atoms with Crippen molar-refractivity contribution in [2.75, 3.05) is 6.54 Å². The standard InChI is InChI=1S/C18H28N2O3/c1-13(2)16(19-11-14-9-7-6-8-10-14)17(22)20-12-15(21)23-18(3,4)5/h6-10,13,16,19H,11-12H2,1-5H3,(H,20,22)/t16-/m0/s1. The first kappa shape index (κ1) is 19.2. The van der Waals surface area contributed by atoms with E-state index in [1.165, 1.54) is 0 Å². The number of amides is 1. The number of hydrogen-bond donors (Lipinski definition) is 2. The molecule has 0 aliphatic heterocycles. The molecular formula is C18H28N2O3. The number of carbonyl (C=O) groups excluding carboxylic acids is 2. The van der Waals surface area contributed by atoms with Gasteiger partial charge < -0.3 is 15.4 Å². The van der Waals surface area contributed by atoms with Gasteiger partial charge in [0.1, 0.15) is 12.1 Å². The second-order valence-electron chi connectivity index (χ2n) is 6.89. The van der Waals surface area contributed by atoms with Gasteiger partial charge in [0.25, 0.3) is 0 Å². The minimum absolute atomic E-state index is 0.109. The van der Waals surface area contributed by atoms with Crippen molar-refractivity contribution in [3.8, 4) is 0 Å². The lowest BCUT2D eigenvalue weighted by molar-refractivity contribution is -0.154. The minimum atomic E-state index is -0.551. The molecule has 1 atom stereocenters. The number of rotatable bonds is 7. The van der Waals surface area contributed by atoms with E-state index in [1.54, 1.807) is 20.8 Å². The summed E-state index contributed by atoms with van der Waals surface area (Å²) in [5.41, 5.74) is 0.559. The van der Waals surface area contributed by atoms with Crippen LogP contribution in [0.2, 0.25) is 0 Å². The number of nitrogens with one attached hydrogen (secondary N) is 2. The van der Waals surface area contributed by atoms with E-state index < -0.39 is 11.6 Å². The summed E-state index contributed by atoms with van der Waals surface area (Å²) in [4.78, 5) is 24.0. The number of benzene rings is 1. The van der Waals surface area contributed by atoms with Gasteiger partial charge in [0, 0.05) is 6.54 Å². The quantitative estimate of drug-likeness (QED) is 0.756. The molecule has 0 saturated carbocycles. The van der Waals surface area contributed by atoms with Crippen LogP contribution in [-0.2, 0) is 20.9 Å². The molecule has 1 rings (SSSR count). The molecule has 0 radical (unpaired) electrons. The SMILES string of the molecule is CC(C)[C@H](NCc1ccccc1)C(=O)NCC(=O)OC(C)(C)C. The van der Waals surface area contributed by atoms with Gasteiger partial charge in [-0.25, -0.2) is 0 Å². The molecule has 5 nitrogen and oxygen atoms in total. The van der Waals surface area contributed by atoms with E-state index in [0.29, 0.717) is 6.54 Å². The highest BCUT2D eigenvalue weighted by Gasteiger charge is 2.23. The molecule has 2 N–H and O–H groups in total. The van der Waals surface area contributed by atoms with Crippen LogP contribution in [0.3, 0.4) is 0 Å². The van der Waals surface area contributed by atoms with Crippen molar-refractivity contribution in [1.82, 2.24) is 10.6 Å². The Balaban J connectivity index is 2.50. The van der Waals surface area contributed by atoms with E-state index in [-0.39, 0.29) is 24.4 Å². The lowest BCUT2D eigenvalue weighted by atomic mass is 10.0. The van der Waals surface area contributed by atoms with E-state index in [1.807, 2.05) is 44.2 Å². The lowest BCUT2D eigenvalue weighted by Crippen LogP contribution is -2.48. The first-order valence-corrected chi connectivity index (χ1v) is 7.96. The van der Waals surface area contributed by atoms with Gasteiger partial charge in [-0.05, 0) is 32.3 Å². The van der Waals surface area contributed by atoms with Gasteiger partial charge in [-0.1, -0.05) is 44.2 Å². The molecule has 0 unspecified atom stereocenters. The summed E-state index contributed by atoms with van der Waals surface area (Å²) in [7, 11) is 0. The highest BCUT2D eigenvalue weighted by Crippen LogP contribution is 2.07. The van der Waals surface area contributed by atoms with Gasteiger partial charge in [0.2, 0.25) is 5.91 Å². The zero-order valence-electron chi connectivity index (χ0n) is 14.7. The largest absolute Gasteiger partial charge is 0.459 e.